The van der Waals surface area contributed by atoms with Crippen LogP contribution in [-0.4, -0.2) is 50.8 Å². The van der Waals surface area contributed by atoms with Gasteiger partial charge in [0.05, 0.1) is 19.3 Å². The van der Waals surface area contributed by atoms with E-state index >= 15 is 0 Å². The summed E-state index contributed by atoms with van der Waals surface area (Å²) in [6.07, 6.45) is -3.20. The van der Waals surface area contributed by atoms with E-state index < -0.39 is 55.8 Å². The maximum atomic E-state index is 13.0. The lowest BCUT2D eigenvalue weighted by atomic mass is 9.99. The van der Waals surface area contributed by atoms with Crippen LogP contribution in [0, 0.1) is 0 Å². The lowest BCUT2D eigenvalue weighted by molar-refractivity contribution is -0.120. The Bertz CT molecular complexity index is 1140. The summed E-state index contributed by atoms with van der Waals surface area (Å²) in [4.78, 5) is 25.4. The molecule has 6 atom stereocenters. The number of ether oxygens (including phenoxy) is 1. The molecule has 1 unspecified atom stereocenters. The molecule has 0 aliphatic carbocycles. The molecule has 1 aromatic carbocycles. The van der Waals surface area contributed by atoms with E-state index in [1.807, 2.05) is 24.3 Å². The number of aliphatic hydroxyl groups excluding tert-OH is 2. The molecule has 32 heavy (non-hydrogen) atoms. The molecule has 3 heterocycles. The van der Waals surface area contributed by atoms with Crippen LogP contribution in [0.5, 0.6) is 0 Å². The Hall–Kier alpha value is -1.63. The molecule has 0 amide bonds. The lowest BCUT2D eigenvalue weighted by Crippen LogP contribution is -2.44. The molecule has 0 radical (unpaired) electrons. The Kier molecular flexibility index (Phi) is 6.59. The second-order valence-electron chi connectivity index (χ2n) is 7.76. The third-order valence-electron chi connectivity index (χ3n) is 5.39. The van der Waals surface area contributed by atoms with Gasteiger partial charge in [0.15, 0.2) is 6.23 Å². The number of halogens is 1. The molecule has 0 spiro atoms. The molecule has 4 rings (SSSR count). The SMILES string of the molecule is C[C@]1(COP2(=O)OCC[C@@H](c3ccc(Br)cc3)O2)O[C@@H](n2ccc(=O)[nH]c2=O)[C@H](O)[C@@H]1O. The van der Waals surface area contributed by atoms with Crippen molar-refractivity contribution in [3.05, 3.63) is 67.4 Å². The zero-order valence-electron chi connectivity index (χ0n) is 16.9. The number of phosphoric ester groups is 1. The van der Waals surface area contributed by atoms with Gasteiger partial charge in [0.1, 0.15) is 17.8 Å². The quantitative estimate of drug-likeness (QED) is 0.488. The van der Waals surface area contributed by atoms with Crippen LogP contribution in [0.25, 0.3) is 0 Å². The molecule has 13 heteroatoms. The van der Waals surface area contributed by atoms with Gasteiger partial charge in [0.2, 0.25) is 0 Å². The molecule has 3 N–H and O–H groups in total. The van der Waals surface area contributed by atoms with Crippen LogP contribution in [0.15, 0.2) is 50.6 Å². The van der Waals surface area contributed by atoms with Gasteiger partial charge in [-0.25, -0.2) is 9.36 Å². The third kappa shape index (κ3) is 4.68. The first-order valence-electron chi connectivity index (χ1n) is 9.79. The molecule has 2 saturated heterocycles. The van der Waals surface area contributed by atoms with Crippen molar-refractivity contribution in [3.8, 4) is 0 Å². The van der Waals surface area contributed by atoms with Gasteiger partial charge >= 0.3 is 13.5 Å². The van der Waals surface area contributed by atoms with Crippen LogP contribution in [0.3, 0.4) is 0 Å². The minimum Gasteiger partial charge on any atom is -0.387 e. The predicted octanol–water partition coefficient (Wildman–Crippen LogP) is 1.61. The lowest BCUT2D eigenvalue weighted by Gasteiger charge is -2.32. The van der Waals surface area contributed by atoms with Crippen LogP contribution in [0.4, 0.5) is 0 Å². The first kappa shape index (κ1) is 23.5. The van der Waals surface area contributed by atoms with E-state index in [0.717, 1.165) is 26.9 Å². The van der Waals surface area contributed by atoms with Crippen LogP contribution in [-0.2, 0) is 22.9 Å². The highest BCUT2D eigenvalue weighted by atomic mass is 79.9. The maximum Gasteiger partial charge on any atom is 0.475 e. The molecule has 2 aliphatic heterocycles. The summed E-state index contributed by atoms with van der Waals surface area (Å²) >= 11 is 3.36. The van der Waals surface area contributed by atoms with Crippen molar-refractivity contribution < 1.29 is 33.1 Å². The molecule has 11 nitrogen and oxygen atoms in total. The summed E-state index contributed by atoms with van der Waals surface area (Å²) in [5.41, 5.74) is -2.18. The van der Waals surface area contributed by atoms with E-state index in [0.29, 0.717) is 6.42 Å². The number of phosphoric acid groups is 1. The number of aromatic nitrogens is 2. The zero-order chi connectivity index (χ0) is 23.1. The van der Waals surface area contributed by atoms with Gasteiger partial charge in [-0.15, -0.1) is 0 Å². The average molecular weight is 533 g/mol. The number of benzene rings is 1. The number of hydrogen-bond donors (Lipinski definition) is 3. The van der Waals surface area contributed by atoms with Crippen LogP contribution in [0.2, 0.25) is 0 Å². The Balaban J connectivity index is 1.47. The minimum atomic E-state index is -4.00. The van der Waals surface area contributed by atoms with E-state index in [9.17, 15) is 24.4 Å². The highest BCUT2D eigenvalue weighted by Gasteiger charge is 2.53. The second kappa shape index (κ2) is 8.96. The Labute approximate surface area is 190 Å². The largest absolute Gasteiger partial charge is 0.475 e. The van der Waals surface area contributed by atoms with Crippen LogP contribution < -0.4 is 11.2 Å². The predicted molar refractivity (Wildman–Crippen MR) is 114 cm³/mol. The van der Waals surface area contributed by atoms with E-state index in [2.05, 4.69) is 20.9 Å². The summed E-state index contributed by atoms with van der Waals surface area (Å²) in [5, 5.41) is 21.0. The van der Waals surface area contributed by atoms with Crippen molar-refractivity contribution in [2.24, 2.45) is 0 Å². The summed E-state index contributed by atoms with van der Waals surface area (Å²) in [6.45, 7) is 1.11. The number of nitrogens with zero attached hydrogens (tertiary/aromatic N) is 1. The van der Waals surface area contributed by atoms with Crippen LogP contribution >= 0.6 is 23.8 Å². The Morgan fingerprint density at radius 3 is 2.69 bits per heavy atom. The van der Waals surface area contributed by atoms with Gasteiger partial charge in [-0.1, -0.05) is 28.1 Å². The van der Waals surface area contributed by atoms with Crippen molar-refractivity contribution in [3.63, 3.8) is 0 Å². The van der Waals surface area contributed by atoms with Gasteiger partial charge in [-0.3, -0.25) is 27.9 Å². The van der Waals surface area contributed by atoms with Crippen molar-refractivity contribution in [1.29, 1.82) is 0 Å². The smallest absolute Gasteiger partial charge is 0.387 e. The zero-order valence-corrected chi connectivity index (χ0v) is 19.4. The molecule has 2 aliphatic rings. The fraction of sp³-hybridized carbons (Fsp3) is 0.474. The molecule has 0 bridgehead atoms. The molecular weight excluding hydrogens is 511 g/mol. The normalized spacial score (nSPS) is 35.1. The second-order valence-corrected chi connectivity index (χ2v) is 10.3. The summed E-state index contributed by atoms with van der Waals surface area (Å²) in [5.74, 6) is 0. The number of hydrogen-bond acceptors (Lipinski definition) is 9. The van der Waals surface area contributed by atoms with Crippen molar-refractivity contribution in [1.82, 2.24) is 9.55 Å². The van der Waals surface area contributed by atoms with E-state index in [-0.39, 0.29) is 6.61 Å². The van der Waals surface area contributed by atoms with Gasteiger partial charge in [0, 0.05) is 23.2 Å². The maximum absolute atomic E-state index is 13.0. The number of rotatable bonds is 5. The molecular formula is C19H22BrN2O9P. The minimum absolute atomic E-state index is 0.135. The summed E-state index contributed by atoms with van der Waals surface area (Å²) in [6, 6.07) is 8.42. The fourth-order valence-electron chi connectivity index (χ4n) is 3.59. The number of nitrogens with one attached hydrogen (secondary N) is 1. The van der Waals surface area contributed by atoms with E-state index in [1.54, 1.807) is 0 Å². The monoisotopic (exact) mass is 532 g/mol. The highest BCUT2D eigenvalue weighted by Crippen LogP contribution is 2.57. The summed E-state index contributed by atoms with van der Waals surface area (Å²) < 4.78 is 36.9. The van der Waals surface area contributed by atoms with Gasteiger partial charge < -0.3 is 14.9 Å². The van der Waals surface area contributed by atoms with Crippen molar-refractivity contribution in [2.75, 3.05) is 13.2 Å². The third-order valence-corrected chi connectivity index (χ3v) is 7.38. The molecule has 174 valence electrons. The molecule has 0 saturated carbocycles. The van der Waals surface area contributed by atoms with Gasteiger partial charge in [0.25, 0.3) is 5.56 Å². The summed E-state index contributed by atoms with van der Waals surface area (Å²) in [7, 11) is -4.00. The molecule has 2 aromatic rings. The van der Waals surface area contributed by atoms with E-state index in [1.165, 1.54) is 6.92 Å². The molecule has 1 aromatic heterocycles. The fourth-order valence-corrected chi connectivity index (χ4v) is 5.33. The number of aromatic amines is 1. The van der Waals surface area contributed by atoms with Gasteiger partial charge in [-0.2, -0.15) is 0 Å². The van der Waals surface area contributed by atoms with Crippen molar-refractivity contribution in [2.45, 2.75) is 43.5 Å². The Morgan fingerprint density at radius 1 is 1.28 bits per heavy atom. The number of aliphatic hydroxyl groups is 2. The average Bonchev–Trinajstić information content (AvgIpc) is 2.98. The van der Waals surface area contributed by atoms with Crippen LogP contribution in [0.1, 0.15) is 31.2 Å². The molecule has 2 fully saturated rings. The highest BCUT2D eigenvalue weighted by molar-refractivity contribution is 9.10. The topological polar surface area (TPSA) is 149 Å². The first-order chi connectivity index (χ1) is 15.1. The van der Waals surface area contributed by atoms with Gasteiger partial charge in [-0.05, 0) is 24.6 Å². The van der Waals surface area contributed by atoms with E-state index in [4.69, 9.17) is 18.3 Å². The number of H-pyrrole nitrogens is 1. The standard InChI is InChI=1S/C19H22BrN2O9P/c1-19(16(25)15(24)17(30-19)22-8-6-14(23)21-18(22)26)10-29-32(27)28-9-7-13(31-32)11-2-4-12(20)5-3-11/h2-6,8,13,15-17,24-25H,7,9-10H2,1H3,(H,21,23,26)/t13-,15+,16-,17+,19+,32?/m0/s1. The Morgan fingerprint density at radius 2 is 2.00 bits per heavy atom. The first-order valence-corrected chi connectivity index (χ1v) is 12.0. The van der Waals surface area contributed by atoms with Crippen molar-refractivity contribution >= 4 is 23.8 Å².